The SMILES string of the molecule is Nc1cnnc2cc(-c3cc(B(O)OC=O)ccc3Oc3ccc(F)cc3)ccc12. The van der Waals surface area contributed by atoms with Crippen molar-refractivity contribution in [2.45, 2.75) is 0 Å². The van der Waals surface area contributed by atoms with E-state index in [-0.39, 0.29) is 12.3 Å². The van der Waals surface area contributed by atoms with Gasteiger partial charge < -0.3 is 20.1 Å². The molecular formula is C21H15BFN3O4. The fraction of sp³-hybridized carbons (Fsp3) is 0. The number of halogens is 1. The molecule has 0 spiro atoms. The largest absolute Gasteiger partial charge is 0.561 e. The smallest absolute Gasteiger partial charge is 0.508 e. The number of aromatic nitrogens is 2. The standard InChI is InChI=1S/C21H15BFN3O4/c23-15-3-5-16(6-4-15)30-21-8-2-14(22(28)29-12-27)10-18(21)13-1-7-17-19(24)11-25-26-20(17)9-13/h1-12,28H,(H2,24,26). The number of carbonyl (C=O) groups excluding carboxylic acids is 1. The number of hydrogen-bond donors (Lipinski definition) is 2. The van der Waals surface area contributed by atoms with Gasteiger partial charge in [-0.15, -0.1) is 0 Å². The average molecular weight is 403 g/mol. The molecule has 1 heterocycles. The molecule has 3 N–H and O–H groups in total. The van der Waals surface area contributed by atoms with Gasteiger partial charge in [0, 0.05) is 10.9 Å². The third-order valence-corrected chi connectivity index (χ3v) is 4.50. The van der Waals surface area contributed by atoms with Crippen LogP contribution in [-0.4, -0.2) is 28.8 Å². The highest BCUT2D eigenvalue weighted by molar-refractivity contribution is 6.61. The van der Waals surface area contributed by atoms with Crippen molar-refractivity contribution < 1.29 is 23.6 Å². The maximum atomic E-state index is 13.2. The van der Waals surface area contributed by atoms with E-state index in [0.717, 1.165) is 5.39 Å². The Kier molecular flexibility index (Phi) is 5.27. The van der Waals surface area contributed by atoms with Crippen molar-refractivity contribution in [3.63, 3.8) is 0 Å². The van der Waals surface area contributed by atoms with Gasteiger partial charge in [-0.05, 0) is 59.6 Å². The molecule has 0 aliphatic heterocycles. The zero-order valence-electron chi connectivity index (χ0n) is 15.5. The summed E-state index contributed by atoms with van der Waals surface area (Å²) >= 11 is 0. The summed E-state index contributed by atoms with van der Waals surface area (Å²) in [6, 6.07) is 15.8. The molecule has 0 unspecified atom stereocenters. The summed E-state index contributed by atoms with van der Waals surface area (Å²) in [4.78, 5) is 10.6. The van der Waals surface area contributed by atoms with E-state index >= 15 is 0 Å². The summed E-state index contributed by atoms with van der Waals surface area (Å²) in [7, 11) is -1.43. The average Bonchev–Trinajstić information content (AvgIpc) is 2.76. The summed E-state index contributed by atoms with van der Waals surface area (Å²) in [5.41, 5.74) is 8.67. The fourth-order valence-corrected chi connectivity index (χ4v) is 3.03. The van der Waals surface area contributed by atoms with Crippen molar-refractivity contribution in [3.8, 4) is 22.6 Å². The van der Waals surface area contributed by atoms with Gasteiger partial charge in [-0.2, -0.15) is 10.2 Å². The lowest BCUT2D eigenvalue weighted by Gasteiger charge is -2.14. The van der Waals surface area contributed by atoms with Gasteiger partial charge in [-0.3, -0.25) is 4.79 Å². The minimum absolute atomic E-state index is 0.168. The molecule has 0 radical (unpaired) electrons. The number of anilines is 1. The van der Waals surface area contributed by atoms with Gasteiger partial charge in [-0.25, -0.2) is 4.39 Å². The van der Waals surface area contributed by atoms with E-state index in [2.05, 4.69) is 14.9 Å². The van der Waals surface area contributed by atoms with Gasteiger partial charge in [0.1, 0.15) is 17.3 Å². The highest BCUT2D eigenvalue weighted by Gasteiger charge is 2.21. The van der Waals surface area contributed by atoms with E-state index in [1.54, 1.807) is 30.3 Å². The normalized spacial score (nSPS) is 10.6. The van der Waals surface area contributed by atoms with Crippen LogP contribution in [0.5, 0.6) is 11.5 Å². The molecule has 3 aromatic carbocycles. The molecular weight excluding hydrogens is 388 g/mol. The van der Waals surface area contributed by atoms with E-state index in [9.17, 15) is 14.2 Å². The first-order valence-electron chi connectivity index (χ1n) is 8.91. The van der Waals surface area contributed by atoms with Crippen LogP contribution in [0.25, 0.3) is 22.0 Å². The summed E-state index contributed by atoms with van der Waals surface area (Å²) in [6.45, 7) is 0.168. The lowest BCUT2D eigenvalue weighted by atomic mass is 9.78. The van der Waals surface area contributed by atoms with Crippen LogP contribution in [0.1, 0.15) is 0 Å². The maximum absolute atomic E-state index is 13.2. The van der Waals surface area contributed by atoms with Crippen molar-refractivity contribution in [2.75, 3.05) is 5.73 Å². The van der Waals surface area contributed by atoms with Crippen molar-refractivity contribution in [2.24, 2.45) is 0 Å². The zero-order chi connectivity index (χ0) is 21.1. The van der Waals surface area contributed by atoms with E-state index in [4.69, 9.17) is 10.5 Å². The molecule has 9 heteroatoms. The molecule has 0 saturated heterocycles. The second-order valence-electron chi connectivity index (χ2n) is 6.43. The number of nitrogens with two attached hydrogens (primary N) is 1. The predicted octanol–water partition coefficient (Wildman–Crippen LogP) is 2.67. The molecule has 148 valence electrons. The first-order valence-corrected chi connectivity index (χ1v) is 8.91. The number of nitrogens with zero attached hydrogens (tertiary/aromatic N) is 2. The van der Waals surface area contributed by atoms with Crippen molar-refractivity contribution in [1.29, 1.82) is 0 Å². The van der Waals surface area contributed by atoms with Crippen LogP contribution >= 0.6 is 0 Å². The van der Waals surface area contributed by atoms with E-state index < -0.39 is 7.12 Å². The minimum Gasteiger partial charge on any atom is -0.508 e. The maximum Gasteiger partial charge on any atom is 0.561 e. The summed E-state index contributed by atoms with van der Waals surface area (Å²) in [5, 5.41) is 18.8. The Morgan fingerprint density at radius 2 is 1.87 bits per heavy atom. The molecule has 0 amide bonds. The molecule has 0 fully saturated rings. The Labute approximate surface area is 171 Å². The summed E-state index contributed by atoms with van der Waals surface area (Å²) < 4.78 is 23.8. The van der Waals surface area contributed by atoms with Gasteiger partial charge >= 0.3 is 7.12 Å². The Morgan fingerprint density at radius 1 is 1.07 bits per heavy atom. The summed E-state index contributed by atoms with van der Waals surface area (Å²) in [6.07, 6.45) is 1.47. The van der Waals surface area contributed by atoms with Gasteiger partial charge in [0.2, 0.25) is 0 Å². The first kappa shape index (κ1) is 19.3. The third-order valence-electron chi connectivity index (χ3n) is 4.50. The highest BCUT2D eigenvalue weighted by atomic mass is 19.1. The topological polar surface area (TPSA) is 108 Å². The first-order chi connectivity index (χ1) is 14.5. The molecule has 0 saturated carbocycles. The Morgan fingerprint density at radius 3 is 2.63 bits per heavy atom. The molecule has 0 bridgehead atoms. The monoisotopic (exact) mass is 403 g/mol. The fourth-order valence-electron chi connectivity index (χ4n) is 3.03. The van der Waals surface area contributed by atoms with Gasteiger partial charge in [-0.1, -0.05) is 12.1 Å². The molecule has 4 rings (SSSR count). The number of carbonyl (C=O) groups is 1. The van der Waals surface area contributed by atoms with Crippen molar-refractivity contribution >= 4 is 35.6 Å². The van der Waals surface area contributed by atoms with E-state index in [0.29, 0.717) is 39.3 Å². The van der Waals surface area contributed by atoms with Crippen LogP contribution in [0, 0.1) is 5.82 Å². The molecule has 1 aromatic heterocycles. The Balaban J connectivity index is 1.82. The van der Waals surface area contributed by atoms with Crippen LogP contribution in [-0.2, 0) is 9.45 Å². The van der Waals surface area contributed by atoms with Gasteiger partial charge in [0.05, 0.1) is 17.4 Å². The van der Waals surface area contributed by atoms with Crippen LogP contribution in [0.15, 0.2) is 66.9 Å². The van der Waals surface area contributed by atoms with Crippen LogP contribution in [0.3, 0.4) is 0 Å². The number of fused-ring (bicyclic) bond motifs is 1. The van der Waals surface area contributed by atoms with Crippen LogP contribution in [0.4, 0.5) is 10.1 Å². The molecule has 7 nitrogen and oxygen atoms in total. The van der Waals surface area contributed by atoms with Crippen molar-refractivity contribution in [3.05, 3.63) is 72.7 Å². The lowest BCUT2D eigenvalue weighted by Crippen LogP contribution is -2.33. The second kappa shape index (κ2) is 8.18. The van der Waals surface area contributed by atoms with Gasteiger partial charge in [0.25, 0.3) is 6.47 Å². The number of benzene rings is 3. The van der Waals surface area contributed by atoms with Gasteiger partial charge in [0.15, 0.2) is 0 Å². The Bertz CT molecular complexity index is 1220. The molecule has 4 aromatic rings. The number of rotatable bonds is 6. The number of ether oxygens (including phenoxy) is 1. The zero-order valence-corrected chi connectivity index (χ0v) is 15.5. The second-order valence-corrected chi connectivity index (χ2v) is 6.43. The number of nitrogen functional groups attached to an aromatic ring is 1. The molecule has 0 aliphatic rings. The predicted molar refractivity (Wildman–Crippen MR) is 111 cm³/mol. The molecule has 30 heavy (non-hydrogen) atoms. The minimum atomic E-state index is -1.43. The van der Waals surface area contributed by atoms with Crippen LogP contribution in [0.2, 0.25) is 0 Å². The molecule has 0 aliphatic carbocycles. The van der Waals surface area contributed by atoms with Crippen LogP contribution < -0.4 is 15.9 Å². The van der Waals surface area contributed by atoms with E-state index in [1.807, 2.05) is 6.07 Å². The van der Waals surface area contributed by atoms with E-state index in [1.165, 1.54) is 30.5 Å². The Hall–Kier alpha value is -3.98. The molecule has 0 atom stereocenters. The number of hydrogen-bond acceptors (Lipinski definition) is 7. The summed E-state index contributed by atoms with van der Waals surface area (Å²) in [5.74, 6) is 0.498. The third kappa shape index (κ3) is 3.92. The highest BCUT2D eigenvalue weighted by Crippen LogP contribution is 2.34. The quantitative estimate of drug-likeness (QED) is 0.377. The van der Waals surface area contributed by atoms with Crippen molar-refractivity contribution in [1.82, 2.24) is 10.2 Å². The lowest BCUT2D eigenvalue weighted by molar-refractivity contribution is -0.121.